The number of rotatable bonds is 7. The standard InChI is InChI=1S/C44H54O12/c1-24(2)40-21-29(22-51-37(47)27-16-10-7-11-17-27)43-32-35(40)54-44(55-40,56-43)30(46)20-14-6-5-9-15-25(3)31-26(4)34(52-38(48)28-18-12-8-13-19-28)42(50,33(31)43)39(49)41(23-45)36(32)53-41/h7-8,10-13,16-19,25-26,29-36,39,45-46,49-50H,1,5-6,9,14-15,20-23H2,2-4H3/t25-,26-,29-,30-,31-,32+,33+,34-,35+,36-,39+,40+,41-,42+,43+,44+/m0/s1. The van der Waals surface area contributed by atoms with Gasteiger partial charge in [0.05, 0.1) is 29.9 Å². The average Bonchev–Trinajstić information content (AvgIpc) is 3.84. The fourth-order valence-electron chi connectivity index (χ4n) is 12.4. The minimum atomic E-state index is -2.27. The molecule has 0 radical (unpaired) electrons. The van der Waals surface area contributed by atoms with E-state index in [4.69, 9.17) is 28.4 Å². The third kappa shape index (κ3) is 5.12. The van der Waals surface area contributed by atoms with Crippen molar-refractivity contribution in [3.05, 3.63) is 83.9 Å². The summed E-state index contributed by atoms with van der Waals surface area (Å²) in [5.74, 6) is -6.91. The van der Waals surface area contributed by atoms with E-state index in [1.165, 1.54) is 0 Å². The highest BCUT2D eigenvalue weighted by Gasteiger charge is 2.91. The molecule has 3 saturated carbocycles. The molecular formula is C44H54O12. The molecule has 4 heterocycles. The van der Waals surface area contributed by atoms with Gasteiger partial charge in [0, 0.05) is 17.8 Å². The van der Waals surface area contributed by atoms with Crippen molar-refractivity contribution < 1.29 is 58.4 Å². The Morgan fingerprint density at radius 1 is 0.875 bits per heavy atom. The number of fused-ring (bicyclic) bond motifs is 1. The largest absolute Gasteiger partial charge is 0.462 e. The lowest BCUT2D eigenvalue weighted by Gasteiger charge is -2.62. The minimum Gasteiger partial charge on any atom is -0.462 e. The van der Waals surface area contributed by atoms with Crippen LogP contribution in [0.3, 0.4) is 0 Å². The first-order chi connectivity index (χ1) is 26.8. The first kappa shape index (κ1) is 38.3. The molecule has 2 aromatic carbocycles. The van der Waals surface area contributed by atoms with Crippen LogP contribution in [-0.4, -0.2) is 104 Å². The number of esters is 2. The Hall–Kier alpha value is -3.20. The second kappa shape index (κ2) is 13.4. The number of ether oxygens (including phenoxy) is 6. The Morgan fingerprint density at radius 3 is 2.16 bits per heavy atom. The first-order valence-electron chi connectivity index (χ1n) is 20.4. The zero-order valence-electron chi connectivity index (χ0n) is 32.3. The minimum absolute atomic E-state index is 0.0865. The summed E-state index contributed by atoms with van der Waals surface area (Å²) in [4.78, 5) is 27.7. The van der Waals surface area contributed by atoms with E-state index in [1.54, 1.807) is 54.6 Å². The number of hydrogen-bond donors (Lipinski definition) is 4. The number of carbonyl (C=O) groups is 2. The predicted molar refractivity (Wildman–Crippen MR) is 199 cm³/mol. The molecule has 3 bridgehead atoms. The summed E-state index contributed by atoms with van der Waals surface area (Å²) >= 11 is 0. The van der Waals surface area contributed by atoms with Gasteiger partial charge in [0.2, 0.25) is 0 Å². The second-order valence-electron chi connectivity index (χ2n) is 17.8. The highest BCUT2D eigenvalue weighted by molar-refractivity contribution is 5.90. The van der Waals surface area contributed by atoms with Gasteiger partial charge in [-0.3, -0.25) is 0 Å². The molecule has 0 unspecified atom stereocenters. The molecule has 2 spiro atoms. The molecule has 4 N–H and O–H groups in total. The summed E-state index contributed by atoms with van der Waals surface area (Å²) in [6.45, 7) is 9.43. The van der Waals surface area contributed by atoms with Crippen molar-refractivity contribution in [3.63, 3.8) is 0 Å². The van der Waals surface area contributed by atoms with Crippen molar-refractivity contribution in [2.75, 3.05) is 13.2 Å². The fraction of sp³-hybridized carbons (Fsp3) is 0.636. The summed E-state index contributed by atoms with van der Waals surface area (Å²) in [5.41, 5.74) is -5.58. The molecule has 0 aromatic heterocycles. The Balaban J connectivity index is 1.28. The molecule has 7 fully saturated rings. The lowest BCUT2D eigenvalue weighted by molar-refractivity contribution is -0.459. The van der Waals surface area contributed by atoms with E-state index in [0.717, 1.165) is 25.7 Å². The summed E-state index contributed by atoms with van der Waals surface area (Å²) < 4.78 is 40.4. The van der Waals surface area contributed by atoms with Crippen LogP contribution in [0.2, 0.25) is 0 Å². The molecule has 56 heavy (non-hydrogen) atoms. The van der Waals surface area contributed by atoms with E-state index in [9.17, 15) is 30.0 Å². The third-order valence-corrected chi connectivity index (χ3v) is 14.9. The number of carbonyl (C=O) groups excluding carboxylic acids is 2. The molecule has 4 aliphatic heterocycles. The lowest BCUT2D eigenvalue weighted by atomic mass is 9.51. The van der Waals surface area contributed by atoms with Gasteiger partial charge in [-0.25, -0.2) is 9.59 Å². The molecule has 302 valence electrons. The topological polar surface area (TPSA) is 174 Å². The molecule has 7 aliphatic rings. The number of epoxide rings is 1. The zero-order valence-corrected chi connectivity index (χ0v) is 32.3. The van der Waals surface area contributed by atoms with Crippen LogP contribution in [0, 0.1) is 35.5 Å². The zero-order chi connectivity index (χ0) is 39.4. The Morgan fingerprint density at radius 2 is 1.52 bits per heavy atom. The Kier molecular flexibility index (Phi) is 9.19. The van der Waals surface area contributed by atoms with Gasteiger partial charge in [-0.1, -0.05) is 88.9 Å². The molecule has 12 nitrogen and oxygen atoms in total. The Labute approximate surface area is 327 Å². The van der Waals surface area contributed by atoms with E-state index in [2.05, 4.69) is 13.5 Å². The van der Waals surface area contributed by atoms with Crippen molar-refractivity contribution in [2.45, 2.75) is 125 Å². The van der Waals surface area contributed by atoms with Crippen LogP contribution in [0.15, 0.2) is 72.8 Å². The van der Waals surface area contributed by atoms with Crippen LogP contribution in [0.5, 0.6) is 0 Å². The normalized spacial score (nSPS) is 47.3. The van der Waals surface area contributed by atoms with Gasteiger partial charge in [-0.2, -0.15) is 0 Å². The van der Waals surface area contributed by atoms with Crippen LogP contribution in [0.25, 0.3) is 0 Å². The van der Waals surface area contributed by atoms with Crippen molar-refractivity contribution in [3.8, 4) is 0 Å². The molecule has 4 saturated heterocycles. The highest BCUT2D eigenvalue weighted by Crippen LogP contribution is 2.75. The first-order valence-corrected chi connectivity index (χ1v) is 20.4. The van der Waals surface area contributed by atoms with E-state index in [1.807, 2.05) is 19.9 Å². The predicted octanol–water partition coefficient (Wildman–Crippen LogP) is 4.33. The SMILES string of the molecule is C=C(C)[C@]12C[C@@H](COC(=O)c3ccccc3)[C@@]34O[C@]5(O[C@@H]1[C@@H]3[C@@H]1O[C@]1(CO)[C@@H](O)[C@@]1(O)[C@H]4[C@H]([C@H](C)[C@@H]1OC(=O)c1ccccc1)[C@@H](C)CCCCCC[C@@H]5O)O2. The molecule has 12 heteroatoms. The molecule has 9 rings (SSSR count). The molecule has 0 amide bonds. The van der Waals surface area contributed by atoms with Crippen molar-refractivity contribution in [1.82, 2.24) is 0 Å². The van der Waals surface area contributed by atoms with Gasteiger partial charge in [-0.05, 0) is 67.4 Å². The number of aliphatic hydroxyl groups excluding tert-OH is 3. The monoisotopic (exact) mass is 774 g/mol. The average molecular weight is 775 g/mol. The third-order valence-electron chi connectivity index (χ3n) is 14.9. The van der Waals surface area contributed by atoms with Gasteiger partial charge >= 0.3 is 17.9 Å². The quantitative estimate of drug-likeness (QED) is 0.179. The highest BCUT2D eigenvalue weighted by atomic mass is 16.9. The van der Waals surface area contributed by atoms with Gasteiger partial charge in [0.15, 0.2) is 0 Å². The maximum atomic E-state index is 14.0. The number of hydrogen-bond acceptors (Lipinski definition) is 12. The summed E-state index contributed by atoms with van der Waals surface area (Å²) in [7, 11) is 0. The van der Waals surface area contributed by atoms with Gasteiger partial charge in [0.1, 0.15) is 47.3 Å². The van der Waals surface area contributed by atoms with Crippen LogP contribution in [0.4, 0.5) is 0 Å². The molecular weight excluding hydrogens is 720 g/mol. The smallest absolute Gasteiger partial charge is 0.338 e. The second-order valence-corrected chi connectivity index (χ2v) is 17.8. The van der Waals surface area contributed by atoms with E-state index in [-0.39, 0.29) is 24.5 Å². The van der Waals surface area contributed by atoms with Crippen LogP contribution in [0.1, 0.15) is 86.4 Å². The number of benzene rings is 2. The summed E-state index contributed by atoms with van der Waals surface area (Å²) in [6, 6.07) is 17.2. The van der Waals surface area contributed by atoms with Gasteiger partial charge in [-0.15, -0.1) is 0 Å². The maximum absolute atomic E-state index is 14.0. The van der Waals surface area contributed by atoms with E-state index < -0.39 is 107 Å². The van der Waals surface area contributed by atoms with Gasteiger partial charge < -0.3 is 48.8 Å². The lowest BCUT2D eigenvalue weighted by Crippen LogP contribution is -2.75. The van der Waals surface area contributed by atoms with Crippen molar-refractivity contribution >= 4 is 11.9 Å². The van der Waals surface area contributed by atoms with E-state index in [0.29, 0.717) is 24.0 Å². The van der Waals surface area contributed by atoms with Gasteiger partial charge in [0.25, 0.3) is 0 Å². The maximum Gasteiger partial charge on any atom is 0.338 e. The molecule has 16 atom stereocenters. The molecule has 3 aliphatic carbocycles. The fourth-order valence-corrected chi connectivity index (χ4v) is 12.4. The van der Waals surface area contributed by atoms with Crippen LogP contribution in [-0.2, 0) is 28.4 Å². The van der Waals surface area contributed by atoms with Crippen LogP contribution >= 0.6 is 0 Å². The summed E-state index contributed by atoms with van der Waals surface area (Å²) in [6.07, 6.45) is -1.51. The van der Waals surface area contributed by atoms with Crippen LogP contribution < -0.4 is 0 Å². The molecule has 2 aromatic rings. The number of aliphatic hydroxyl groups is 4. The Bertz CT molecular complexity index is 1860. The summed E-state index contributed by atoms with van der Waals surface area (Å²) in [5, 5.41) is 50.1. The van der Waals surface area contributed by atoms with Crippen molar-refractivity contribution in [1.29, 1.82) is 0 Å². The van der Waals surface area contributed by atoms with Crippen molar-refractivity contribution in [2.24, 2.45) is 35.5 Å². The van der Waals surface area contributed by atoms with E-state index >= 15 is 0 Å².